The van der Waals surface area contributed by atoms with Gasteiger partial charge in [0.2, 0.25) is 0 Å². The van der Waals surface area contributed by atoms with Gasteiger partial charge in [0.05, 0.1) is 29.5 Å². The number of ether oxygens (including phenoxy) is 1. The molecule has 1 aromatic carbocycles. The van der Waals surface area contributed by atoms with Gasteiger partial charge in [0.15, 0.2) is 26.5 Å². The topological polar surface area (TPSA) is 78.9 Å². The van der Waals surface area contributed by atoms with E-state index in [9.17, 15) is 13.2 Å². The van der Waals surface area contributed by atoms with Gasteiger partial charge in [-0.05, 0) is 73.1 Å². The van der Waals surface area contributed by atoms with Crippen molar-refractivity contribution in [2.24, 2.45) is 17.8 Å². The Labute approximate surface area is 240 Å². The average molecular weight is 599 g/mol. The number of benzene rings is 1. The zero-order chi connectivity index (χ0) is 29.9. The van der Waals surface area contributed by atoms with Gasteiger partial charge in [-0.1, -0.05) is 59.7 Å². The van der Waals surface area contributed by atoms with Crippen molar-refractivity contribution < 1.29 is 26.8 Å². The lowest BCUT2D eigenvalue weighted by atomic mass is 9.94. The molecule has 0 aromatic heterocycles. The lowest BCUT2D eigenvalue weighted by Crippen LogP contribution is -2.48. The zero-order valence-corrected chi connectivity index (χ0v) is 29.1. The molecule has 1 fully saturated rings. The third-order valence-electron chi connectivity index (χ3n) is 9.55. The first-order chi connectivity index (χ1) is 17.8. The first kappa shape index (κ1) is 34.4. The summed E-state index contributed by atoms with van der Waals surface area (Å²) >= 11 is 0. The van der Waals surface area contributed by atoms with Gasteiger partial charge in [0.25, 0.3) is 0 Å². The second-order valence-corrected chi connectivity index (χ2v) is 26.0. The van der Waals surface area contributed by atoms with Crippen LogP contribution in [0.25, 0.3) is 0 Å². The Balaban J connectivity index is 2.35. The van der Waals surface area contributed by atoms with Crippen molar-refractivity contribution in [2.45, 2.75) is 114 Å². The highest BCUT2D eigenvalue weighted by Crippen LogP contribution is 2.45. The second-order valence-electron chi connectivity index (χ2n) is 14.4. The smallest absolute Gasteiger partial charge is 0.192 e. The van der Waals surface area contributed by atoms with E-state index in [4.69, 9.17) is 13.6 Å². The van der Waals surface area contributed by atoms with Crippen LogP contribution in [0, 0.1) is 17.8 Å². The van der Waals surface area contributed by atoms with Gasteiger partial charge in [-0.25, -0.2) is 8.42 Å². The normalized spacial score (nSPS) is 24.1. The highest BCUT2D eigenvalue weighted by atomic mass is 32.2. The maximum absolute atomic E-state index is 13.4. The van der Waals surface area contributed by atoms with Crippen LogP contribution in [-0.4, -0.2) is 63.0 Å². The van der Waals surface area contributed by atoms with E-state index in [0.717, 1.165) is 19.1 Å². The van der Waals surface area contributed by atoms with E-state index in [1.165, 1.54) is 0 Å². The van der Waals surface area contributed by atoms with Crippen LogP contribution in [0.4, 0.5) is 0 Å². The minimum Gasteiger partial charge on any atom is -0.414 e. The highest BCUT2D eigenvalue weighted by Gasteiger charge is 2.48. The number of carbonyl (C=O) groups is 1. The molecule has 2 rings (SSSR count). The molecule has 1 saturated carbocycles. The molecule has 0 heterocycles. The zero-order valence-electron chi connectivity index (χ0n) is 26.2. The minimum atomic E-state index is -3.52. The van der Waals surface area contributed by atoms with Gasteiger partial charge in [-0.15, -0.1) is 0 Å². The molecular weight excluding hydrogens is 545 g/mol. The van der Waals surface area contributed by atoms with E-state index in [2.05, 4.69) is 67.7 Å². The van der Waals surface area contributed by atoms with Crippen LogP contribution in [0.15, 0.2) is 35.2 Å². The number of carbonyl (C=O) groups excluding carboxylic acids is 1. The predicted octanol–water partition coefficient (Wildman–Crippen LogP) is 7.12. The van der Waals surface area contributed by atoms with Crippen molar-refractivity contribution >= 4 is 32.8 Å². The molecular formula is C30H54O6SSi2. The summed E-state index contributed by atoms with van der Waals surface area (Å²) in [5, 5.41) is 0.133. The van der Waals surface area contributed by atoms with Crippen LogP contribution in [-0.2, 0) is 28.2 Å². The Morgan fingerprint density at radius 2 is 1.51 bits per heavy atom. The SMILES string of the molecule is CO[C@H]1C(C[C@@H](CO[Si](C)(C)C(C)(C)C)O[Si](C)(C)C(C)(C)C)C[C@@H](CC=O)C1CS(=O)(=O)c1ccccc1. The van der Waals surface area contributed by atoms with E-state index in [0.29, 0.717) is 17.9 Å². The number of methoxy groups -OCH3 is 1. The number of hydrogen-bond acceptors (Lipinski definition) is 6. The number of rotatable bonds is 13. The summed E-state index contributed by atoms with van der Waals surface area (Å²) in [4.78, 5) is 12.0. The molecule has 9 heteroatoms. The Hall–Kier alpha value is -0.846. The molecule has 0 saturated heterocycles. The van der Waals surface area contributed by atoms with Crippen LogP contribution >= 0.6 is 0 Å². The van der Waals surface area contributed by atoms with Crippen LogP contribution in [0.1, 0.15) is 60.8 Å². The van der Waals surface area contributed by atoms with E-state index in [1.807, 2.05) is 6.07 Å². The quantitative estimate of drug-likeness (QED) is 0.178. The van der Waals surface area contributed by atoms with Crippen molar-refractivity contribution in [2.75, 3.05) is 19.5 Å². The van der Waals surface area contributed by atoms with Crippen LogP contribution in [0.2, 0.25) is 36.3 Å². The van der Waals surface area contributed by atoms with Crippen molar-refractivity contribution in [3.8, 4) is 0 Å². The molecule has 2 unspecified atom stereocenters. The predicted molar refractivity (Wildman–Crippen MR) is 165 cm³/mol. The Morgan fingerprint density at radius 1 is 0.949 bits per heavy atom. The van der Waals surface area contributed by atoms with Gasteiger partial charge >= 0.3 is 0 Å². The fourth-order valence-corrected chi connectivity index (χ4v) is 9.23. The molecule has 0 amide bonds. The lowest BCUT2D eigenvalue weighted by Gasteiger charge is -2.42. The second kappa shape index (κ2) is 13.0. The standard InChI is InChI=1S/C30H54O6SSi2/c1-29(2,3)38(8,9)35-21-25(36-39(10,11)30(4,5)6)20-24-19-23(17-18-31)27(28(24)34-7)22-37(32,33)26-15-13-12-14-16-26/h12-16,18,23-25,27-28H,17,19-22H2,1-11H3/t23-,24?,25+,27?,28+/m1/s1. The molecule has 0 spiro atoms. The molecule has 0 bridgehead atoms. The average Bonchev–Trinajstić information content (AvgIpc) is 3.11. The number of hydrogen-bond donors (Lipinski definition) is 0. The van der Waals surface area contributed by atoms with Crippen molar-refractivity contribution in [3.63, 3.8) is 0 Å². The summed E-state index contributed by atoms with van der Waals surface area (Å²) in [5.41, 5.74) is 0. The number of aldehydes is 1. The van der Waals surface area contributed by atoms with Gasteiger partial charge in [0, 0.05) is 19.4 Å². The Kier molecular flexibility index (Phi) is 11.4. The molecule has 39 heavy (non-hydrogen) atoms. The summed E-state index contributed by atoms with van der Waals surface area (Å²) in [7, 11) is -5.96. The van der Waals surface area contributed by atoms with Crippen molar-refractivity contribution in [1.29, 1.82) is 0 Å². The third kappa shape index (κ3) is 8.82. The fourth-order valence-electron chi connectivity index (χ4n) is 5.12. The van der Waals surface area contributed by atoms with Gasteiger partial charge in [0.1, 0.15) is 6.29 Å². The lowest BCUT2D eigenvalue weighted by molar-refractivity contribution is -0.108. The van der Waals surface area contributed by atoms with Gasteiger partial charge in [-0.3, -0.25) is 0 Å². The van der Waals surface area contributed by atoms with Crippen LogP contribution in [0.5, 0.6) is 0 Å². The Bertz CT molecular complexity index is 1030. The summed E-state index contributed by atoms with van der Waals surface area (Å²) in [6.45, 7) is 23.0. The molecule has 224 valence electrons. The largest absolute Gasteiger partial charge is 0.414 e. The van der Waals surface area contributed by atoms with E-state index < -0.39 is 26.5 Å². The van der Waals surface area contributed by atoms with Gasteiger partial charge < -0.3 is 18.4 Å². The molecule has 0 N–H and O–H groups in total. The first-order valence-corrected chi connectivity index (χ1v) is 21.8. The summed E-state index contributed by atoms with van der Waals surface area (Å²) in [6.07, 6.45) is 2.32. The summed E-state index contributed by atoms with van der Waals surface area (Å²) in [6, 6.07) is 8.57. The van der Waals surface area contributed by atoms with E-state index in [1.54, 1.807) is 31.4 Å². The van der Waals surface area contributed by atoms with Gasteiger partial charge in [-0.2, -0.15) is 0 Å². The number of sulfone groups is 1. The van der Waals surface area contributed by atoms with Crippen molar-refractivity contribution in [3.05, 3.63) is 30.3 Å². The maximum atomic E-state index is 13.4. The highest BCUT2D eigenvalue weighted by molar-refractivity contribution is 7.91. The molecule has 6 nitrogen and oxygen atoms in total. The molecule has 0 aliphatic heterocycles. The third-order valence-corrected chi connectivity index (χ3v) is 20.4. The first-order valence-electron chi connectivity index (χ1n) is 14.3. The van der Waals surface area contributed by atoms with Crippen molar-refractivity contribution in [1.82, 2.24) is 0 Å². The monoisotopic (exact) mass is 598 g/mol. The summed E-state index contributed by atoms with van der Waals surface area (Å²) < 4.78 is 46.4. The molecule has 0 radical (unpaired) electrons. The van der Waals surface area contributed by atoms with Crippen LogP contribution in [0.3, 0.4) is 0 Å². The van der Waals surface area contributed by atoms with Crippen LogP contribution < -0.4 is 0 Å². The maximum Gasteiger partial charge on any atom is 0.192 e. The molecule has 1 aliphatic rings. The molecule has 1 aliphatic carbocycles. The van der Waals surface area contributed by atoms with E-state index in [-0.39, 0.29) is 45.8 Å². The minimum absolute atomic E-state index is 0.0290. The Morgan fingerprint density at radius 3 is 2.00 bits per heavy atom. The molecule has 5 atom stereocenters. The van der Waals surface area contributed by atoms with E-state index >= 15 is 0 Å². The molecule has 1 aromatic rings. The fraction of sp³-hybridized carbons (Fsp3) is 0.767. The summed E-state index contributed by atoms with van der Waals surface area (Å²) in [5.74, 6) is -0.261.